The molecule has 2 nitrogen and oxygen atoms in total. The third-order valence-corrected chi connectivity index (χ3v) is 3.71. The van der Waals surface area contributed by atoms with Crippen LogP contribution < -0.4 is 0 Å². The molecule has 0 spiro atoms. The van der Waals surface area contributed by atoms with Crippen molar-refractivity contribution in [1.29, 1.82) is 0 Å². The summed E-state index contributed by atoms with van der Waals surface area (Å²) in [7, 11) is 0. The molecule has 0 aliphatic heterocycles. The first-order valence-electron chi connectivity index (χ1n) is 3.33. The van der Waals surface area contributed by atoms with E-state index in [0.29, 0.717) is 14.4 Å². The van der Waals surface area contributed by atoms with Crippen molar-refractivity contribution < 1.29 is 9.90 Å². The van der Waals surface area contributed by atoms with Crippen LogP contribution >= 0.6 is 39.3 Å². The van der Waals surface area contributed by atoms with E-state index in [1.807, 2.05) is 0 Å². The van der Waals surface area contributed by atoms with E-state index in [0.717, 1.165) is 0 Å². The van der Waals surface area contributed by atoms with Gasteiger partial charge in [0.1, 0.15) is 0 Å². The van der Waals surface area contributed by atoms with Crippen molar-refractivity contribution in [3.05, 3.63) is 27.2 Å². The molecule has 0 amide bonds. The highest BCUT2D eigenvalue weighted by Gasteiger charge is 2.14. The van der Waals surface area contributed by atoms with E-state index in [2.05, 4.69) is 15.9 Å². The second-order valence-electron chi connectivity index (χ2n) is 2.25. The topological polar surface area (TPSA) is 37.3 Å². The Hall–Kier alpha value is -0.190. The van der Waals surface area contributed by atoms with Crippen LogP contribution in [0.4, 0.5) is 0 Å². The lowest BCUT2D eigenvalue weighted by molar-refractivity contribution is 0.0693. The third-order valence-electron chi connectivity index (χ3n) is 1.48. The van der Waals surface area contributed by atoms with E-state index >= 15 is 0 Å². The molecule has 0 aliphatic carbocycles. The van der Waals surface area contributed by atoms with Crippen LogP contribution in [-0.2, 0) is 0 Å². The number of halogens is 2. The van der Waals surface area contributed by atoms with Crippen molar-refractivity contribution in [2.75, 3.05) is 6.26 Å². The van der Waals surface area contributed by atoms with Gasteiger partial charge in [-0.05, 0) is 34.3 Å². The first-order chi connectivity index (χ1) is 6.07. The number of aromatic carboxylic acids is 1. The van der Waals surface area contributed by atoms with Gasteiger partial charge in [0.05, 0.1) is 10.6 Å². The summed E-state index contributed by atoms with van der Waals surface area (Å²) in [5, 5.41) is 9.28. The number of carboxylic acids is 1. The minimum atomic E-state index is -0.959. The Kier molecular flexibility index (Phi) is 3.64. The lowest BCUT2D eigenvalue weighted by Gasteiger charge is -2.06. The van der Waals surface area contributed by atoms with Crippen LogP contribution in [0.3, 0.4) is 0 Å². The van der Waals surface area contributed by atoms with Crippen LogP contribution in [0.5, 0.6) is 0 Å². The number of thioether (sulfide) groups is 1. The number of carboxylic acid groups (broad SMARTS) is 1. The Labute approximate surface area is 93.4 Å². The summed E-state index contributed by atoms with van der Waals surface area (Å²) in [5.74, 6) is -0.959. The van der Waals surface area contributed by atoms with Gasteiger partial charge in [0.2, 0.25) is 0 Å². The maximum absolute atomic E-state index is 10.8. The van der Waals surface area contributed by atoms with Gasteiger partial charge in [0.15, 0.2) is 0 Å². The fourth-order valence-corrected chi connectivity index (χ4v) is 2.42. The molecule has 0 aromatic heterocycles. The first kappa shape index (κ1) is 10.9. The van der Waals surface area contributed by atoms with Crippen molar-refractivity contribution in [2.24, 2.45) is 0 Å². The standard InChI is InChI=1S/C8H6BrClO2S/c1-13-7-4(8(11)12)2-3-5(9)6(7)10/h2-3H,1H3,(H,11,12). The smallest absolute Gasteiger partial charge is 0.336 e. The number of carbonyl (C=O) groups is 1. The Morgan fingerprint density at radius 3 is 2.69 bits per heavy atom. The van der Waals surface area contributed by atoms with Gasteiger partial charge in [0, 0.05) is 9.37 Å². The molecular formula is C8H6BrClO2S. The molecular weight excluding hydrogens is 276 g/mol. The normalized spacial score (nSPS) is 10.1. The molecule has 0 saturated carbocycles. The summed E-state index contributed by atoms with van der Waals surface area (Å²) < 4.78 is 0.712. The molecule has 0 atom stereocenters. The van der Waals surface area contributed by atoms with Crippen molar-refractivity contribution >= 4 is 45.3 Å². The zero-order valence-corrected chi connectivity index (χ0v) is 9.83. The predicted molar refractivity (Wildman–Crippen MR) is 57.9 cm³/mol. The average Bonchev–Trinajstić information content (AvgIpc) is 2.09. The van der Waals surface area contributed by atoms with Gasteiger partial charge in [-0.2, -0.15) is 0 Å². The van der Waals surface area contributed by atoms with Crippen LogP contribution in [0, 0.1) is 0 Å². The summed E-state index contributed by atoms with van der Waals surface area (Å²) in [6, 6.07) is 3.16. The molecule has 1 aromatic carbocycles. The molecule has 0 bridgehead atoms. The lowest BCUT2D eigenvalue weighted by Crippen LogP contribution is -1.99. The first-order valence-corrected chi connectivity index (χ1v) is 5.72. The molecule has 0 heterocycles. The minimum Gasteiger partial charge on any atom is -0.478 e. The van der Waals surface area contributed by atoms with Gasteiger partial charge in [0.25, 0.3) is 0 Å². The zero-order valence-electron chi connectivity index (χ0n) is 6.67. The highest BCUT2D eigenvalue weighted by molar-refractivity contribution is 9.10. The van der Waals surface area contributed by atoms with E-state index in [1.54, 1.807) is 12.3 Å². The monoisotopic (exact) mass is 280 g/mol. The van der Waals surface area contributed by atoms with Gasteiger partial charge >= 0.3 is 5.97 Å². The Morgan fingerprint density at radius 2 is 2.23 bits per heavy atom. The predicted octanol–water partition coefficient (Wildman–Crippen LogP) is 3.52. The van der Waals surface area contributed by atoms with Crippen LogP contribution in [0.15, 0.2) is 21.5 Å². The highest BCUT2D eigenvalue weighted by Crippen LogP contribution is 2.34. The molecule has 1 rings (SSSR count). The Balaban J connectivity index is 3.38. The third kappa shape index (κ3) is 2.18. The van der Waals surface area contributed by atoms with Gasteiger partial charge in [-0.3, -0.25) is 0 Å². The van der Waals surface area contributed by atoms with E-state index < -0.39 is 5.97 Å². The summed E-state index contributed by atoms with van der Waals surface area (Å²) in [6.45, 7) is 0. The van der Waals surface area contributed by atoms with Crippen molar-refractivity contribution in [2.45, 2.75) is 4.90 Å². The van der Waals surface area contributed by atoms with Gasteiger partial charge in [-0.1, -0.05) is 11.6 Å². The summed E-state index contributed by atoms with van der Waals surface area (Å²) in [5.41, 5.74) is 0.237. The van der Waals surface area contributed by atoms with Crippen LogP contribution in [0.1, 0.15) is 10.4 Å². The molecule has 0 aliphatic rings. The molecule has 0 radical (unpaired) electrons. The maximum atomic E-state index is 10.8. The lowest BCUT2D eigenvalue weighted by atomic mass is 10.2. The SMILES string of the molecule is CSc1c(C(=O)O)ccc(Br)c1Cl. The van der Waals surface area contributed by atoms with Gasteiger partial charge < -0.3 is 5.11 Å². The molecule has 5 heteroatoms. The average molecular weight is 282 g/mol. The molecule has 1 aromatic rings. The number of rotatable bonds is 2. The van der Waals surface area contributed by atoms with Gasteiger partial charge in [-0.15, -0.1) is 11.8 Å². The largest absolute Gasteiger partial charge is 0.478 e. The van der Waals surface area contributed by atoms with Gasteiger partial charge in [-0.25, -0.2) is 4.79 Å². The molecule has 0 saturated heterocycles. The van der Waals surface area contributed by atoms with Crippen molar-refractivity contribution in [3.63, 3.8) is 0 Å². The van der Waals surface area contributed by atoms with E-state index in [-0.39, 0.29) is 5.56 Å². The fourth-order valence-electron chi connectivity index (χ4n) is 0.900. The maximum Gasteiger partial charge on any atom is 0.336 e. The van der Waals surface area contributed by atoms with E-state index in [1.165, 1.54) is 17.8 Å². The molecule has 0 unspecified atom stereocenters. The van der Waals surface area contributed by atoms with Crippen molar-refractivity contribution in [1.82, 2.24) is 0 Å². The molecule has 0 fully saturated rings. The van der Waals surface area contributed by atoms with E-state index in [4.69, 9.17) is 16.7 Å². The second-order valence-corrected chi connectivity index (χ2v) is 4.30. The number of hydrogen-bond acceptors (Lipinski definition) is 2. The highest BCUT2D eigenvalue weighted by atomic mass is 79.9. The quantitative estimate of drug-likeness (QED) is 0.843. The second kappa shape index (κ2) is 4.35. The molecule has 13 heavy (non-hydrogen) atoms. The summed E-state index contributed by atoms with van der Waals surface area (Å²) in [6.07, 6.45) is 1.79. The fraction of sp³-hybridized carbons (Fsp3) is 0.125. The van der Waals surface area contributed by atoms with E-state index in [9.17, 15) is 4.79 Å². The number of benzene rings is 1. The minimum absolute atomic E-state index is 0.237. The summed E-state index contributed by atoms with van der Waals surface area (Å²) in [4.78, 5) is 11.3. The summed E-state index contributed by atoms with van der Waals surface area (Å²) >= 11 is 10.5. The Bertz CT molecular complexity index is 354. The molecule has 1 N–H and O–H groups in total. The van der Waals surface area contributed by atoms with Crippen molar-refractivity contribution in [3.8, 4) is 0 Å². The molecule has 70 valence electrons. The Morgan fingerprint density at radius 1 is 1.62 bits per heavy atom. The van der Waals surface area contributed by atoms with Crippen LogP contribution in [0.2, 0.25) is 5.02 Å². The zero-order chi connectivity index (χ0) is 10.0. The number of hydrogen-bond donors (Lipinski definition) is 1. The van der Waals surface area contributed by atoms with Crippen LogP contribution in [-0.4, -0.2) is 17.3 Å². The van der Waals surface area contributed by atoms with Crippen LogP contribution in [0.25, 0.3) is 0 Å².